The molecule has 1 heterocycles. The predicted molar refractivity (Wildman–Crippen MR) is 106 cm³/mol. The first-order valence-electron chi connectivity index (χ1n) is 8.75. The molecule has 1 fully saturated rings. The van der Waals surface area contributed by atoms with Crippen LogP contribution in [0.3, 0.4) is 0 Å². The Bertz CT molecular complexity index is 916. The van der Waals surface area contributed by atoms with E-state index in [0.717, 1.165) is 11.1 Å². The van der Waals surface area contributed by atoms with E-state index in [9.17, 15) is 14.4 Å². The first-order valence-corrected chi connectivity index (χ1v) is 9.13. The fraction of sp³-hybridized carbons (Fsp3) is 0.286. The Hall–Kier alpha value is -2.66. The molecule has 1 atom stereocenters. The van der Waals surface area contributed by atoms with Gasteiger partial charge in [-0.25, -0.2) is 0 Å². The minimum Gasteiger partial charge on any atom is -0.326 e. The van der Waals surface area contributed by atoms with E-state index < -0.39 is 5.92 Å². The van der Waals surface area contributed by atoms with Crippen molar-refractivity contribution in [3.8, 4) is 0 Å². The largest absolute Gasteiger partial charge is 0.326 e. The van der Waals surface area contributed by atoms with Crippen molar-refractivity contribution in [1.29, 1.82) is 0 Å². The molecule has 1 N–H and O–H groups in total. The monoisotopic (exact) mass is 384 g/mol. The Labute approximate surface area is 163 Å². The number of nitrogens with zero attached hydrogens (tertiary/aromatic N) is 1. The lowest BCUT2D eigenvalue weighted by Crippen LogP contribution is -2.29. The third-order valence-electron chi connectivity index (χ3n) is 4.70. The van der Waals surface area contributed by atoms with Gasteiger partial charge in [0.25, 0.3) is 0 Å². The summed E-state index contributed by atoms with van der Waals surface area (Å²) in [6, 6.07) is 10.6. The van der Waals surface area contributed by atoms with Crippen LogP contribution in [0.5, 0.6) is 0 Å². The van der Waals surface area contributed by atoms with Crippen LogP contribution in [-0.4, -0.2) is 24.1 Å². The molecule has 1 aliphatic rings. The Morgan fingerprint density at radius 2 is 1.93 bits per heavy atom. The molecule has 1 unspecified atom stereocenters. The molecule has 140 valence electrons. The van der Waals surface area contributed by atoms with Crippen molar-refractivity contribution in [2.24, 2.45) is 5.92 Å². The van der Waals surface area contributed by atoms with Crippen LogP contribution < -0.4 is 10.2 Å². The van der Waals surface area contributed by atoms with E-state index in [1.165, 1.54) is 6.92 Å². The predicted octanol–water partition coefficient (Wildman–Crippen LogP) is 4.15. The highest BCUT2D eigenvalue weighted by molar-refractivity contribution is 6.34. The summed E-state index contributed by atoms with van der Waals surface area (Å²) in [4.78, 5) is 38.2. The smallest absolute Gasteiger partial charge is 0.229 e. The zero-order valence-corrected chi connectivity index (χ0v) is 16.3. The normalized spacial score (nSPS) is 16.5. The van der Waals surface area contributed by atoms with Crippen molar-refractivity contribution in [2.75, 3.05) is 16.8 Å². The first-order chi connectivity index (χ1) is 12.8. The van der Waals surface area contributed by atoms with Crippen molar-refractivity contribution >= 4 is 40.6 Å². The number of rotatable bonds is 4. The van der Waals surface area contributed by atoms with E-state index in [2.05, 4.69) is 5.32 Å². The molecule has 0 bridgehead atoms. The number of ketones is 1. The standard InChI is InChI=1S/C21H21ClN2O3/c1-12-7-13(2)20(18(22)8-12)24-11-16(10-19(24)26)21(27)23-17-6-4-5-15(9-17)14(3)25/h4-9,16H,10-11H2,1-3H3,(H,23,27). The van der Waals surface area contributed by atoms with Gasteiger partial charge in [-0.15, -0.1) is 0 Å². The number of carbonyl (C=O) groups excluding carboxylic acids is 3. The van der Waals surface area contributed by atoms with E-state index >= 15 is 0 Å². The molecule has 2 aromatic carbocycles. The van der Waals surface area contributed by atoms with E-state index in [1.54, 1.807) is 29.2 Å². The summed E-state index contributed by atoms with van der Waals surface area (Å²) in [7, 11) is 0. The summed E-state index contributed by atoms with van der Waals surface area (Å²) < 4.78 is 0. The molecule has 27 heavy (non-hydrogen) atoms. The van der Waals surface area contributed by atoms with Crippen molar-refractivity contribution in [3.05, 3.63) is 58.1 Å². The molecule has 2 amide bonds. The Morgan fingerprint density at radius 1 is 1.19 bits per heavy atom. The summed E-state index contributed by atoms with van der Waals surface area (Å²) in [5, 5.41) is 3.32. The summed E-state index contributed by atoms with van der Waals surface area (Å²) in [6.45, 7) is 5.60. The van der Waals surface area contributed by atoms with E-state index in [0.29, 0.717) is 22.0 Å². The number of anilines is 2. The molecule has 6 heteroatoms. The van der Waals surface area contributed by atoms with Gasteiger partial charge >= 0.3 is 0 Å². The van der Waals surface area contributed by atoms with Crippen LogP contribution >= 0.6 is 11.6 Å². The van der Waals surface area contributed by atoms with E-state index in [-0.39, 0.29) is 30.6 Å². The minimum atomic E-state index is -0.477. The fourth-order valence-corrected chi connectivity index (χ4v) is 3.83. The van der Waals surface area contributed by atoms with Crippen molar-refractivity contribution < 1.29 is 14.4 Å². The zero-order valence-electron chi connectivity index (χ0n) is 15.5. The maximum absolute atomic E-state index is 12.6. The van der Waals surface area contributed by atoms with Gasteiger partial charge in [-0.3, -0.25) is 14.4 Å². The lowest BCUT2D eigenvalue weighted by atomic mass is 10.1. The second-order valence-corrected chi connectivity index (χ2v) is 7.35. The van der Waals surface area contributed by atoms with Gasteiger partial charge in [-0.05, 0) is 50.1 Å². The number of Topliss-reactive ketones (excluding diaryl/α,β-unsaturated/α-hetero) is 1. The van der Waals surface area contributed by atoms with E-state index in [4.69, 9.17) is 11.6 Å². The fourth-order valence-electron chi connectivity index (χ4n) is 3.41. The average molecular weight is 385 g/mol. The van der Waals surface area contributed by atoms with Crippen molar-refractivity contribution in [1.82, 2.24) is 0 Å². The van der Waals surface area contributed by atoms with Gasteiger partial charge in [0.2, 0.25) is 11.8 Å². The van der Waals surface area contributed by atoms with E-state index in [1.807, 2.05) is 26.0 Å². The zero-order chi connectivity index (χ0) is 19.7. The van der Waals surface area contributed by atoms with Crippen LogP contribution in [0, 0.1) is 19.8 Å². The molecule has 0 saturated carbocycles. The number of aryl methyl sites for hydroxylation is 2. The summed E-state index contributed by atoms with van der Waals surface area (Å²) in [5.41, 5.74) is 3.67. The van der Waals surface area contributed by atoms with Gasteiger partial charge in [0.15, 0.2) is 5.78 Å². The van der Waals surface area contributed by atoms with Gasteiger partial charge < -0.3 is 10.2 Å². The molecule has 0 aromatic heterocycles. The number of benzene rings is 2. The molecule has 2 aromatic rings. The second-order valence-electron chi connectivity index (χ2n) is 6.94. The number of hydrogen-bond donors (Lipinski definition) is 1. The highest BCUT2D eigenvalue weighted by Gasteiger charge is 2.36. The molecule has 0 radical (unpaired) electrons. The van der Waals surface area contributed by atoms with Gasteiger partial charge in [0, 0.05) is 24.2 Å². The summed E-state index contributed by atoms with van der Waals surface area (Å²) in [6.07, 6.45) is 0.127. The quantitative estimate of drug-likeness (QED) is 0.805. The number of nitrogens with one attached hydrogen (secondary N) is 1. The Balaban J connectivity index is 1.77. The van der Waals surface area contributed by atoms with Crippen LogP contribution in [0.2, 0.25) is 5.02 Å². The Morgan fingerprint density at radius 3 is 2.59 bits per heavy atom. The molecule has 0 aliphatic carbocycles. The van der Waals surface area contributed by atoms with Crippen LogP contribution in [0.15, 0.2) is 36.4 Å². The number of halogens is 1. The molecule has 1 aliphatic heterocycles. The SMILES string of the molecule is CC(=O)c1cccc(NC(=O)C2CC(=O)N(c3c(C)cc(C)cc3Cl)C2)c1. The van der Waals surface area contributed by atoms with Crippen LogP contribution in [0.4, 0.5) is 11.4 Å². The second kappa shape index (κ2) is 7.53. The van der Waals surface area contributed by atoms with Crippen molar-refractivity contribution in [3.63, 3.8) is 0 Å². The van der Waals surface area contributed by atoms with Crippen LogP contribution in [-0.2, 0) is 9.59 Å². The molecular formula is C21H21ClN2O3. The van der Waals surface area contributed by atoms with Gasteiger partial charge in [0.1, 0.15) is 0 Å². The topological polar surface area (TPSA) is 66.5 Å². The Kier molecular flexibility index (Phi) is 5.33. The molecule has 5 nitrogen and oxygen atoms in total. The average Bonchev–Trinajstić information content (AvgIpc) is 2.96. The summed E-state index contributed by atoms with van der Waals surface area (Å²) in [5.74, 6) is -0.915. The van der Waals surface area contributed by atoms with Gasteiger partial charge in [-0.1, -0.05) is 29.8 Å². The number of amides is 2. The summed E-state index contributed by atoms with van der Waals surface area (Å²) >= 11 is 6.36. The highest BCUT2D eigenvalue weighted by Crippen LogP contribution is 2.35. The van der Waals surface area contributed by atoms with Gasteiger partial charge in [-0.2, -0.15) is 0 Å². The molecule has 1 saturated heterocycles. The van der Waals surface area contributed by atoms with Gasteiger partial charge in [0.05, 0.1) is 16.6 Å². The number of carbonyl (C=O) groups is 3. The third kappa shape index (κ3) is 4.03. The minimum absolute atomic E-state index is 0.0715. The molecule has 0 spiro atoms. The molecular weight excluding hydrogens is 364 g/mol. The third-order valence-corrected chi connectivity index (χ3v) is 4.99. The lowest BCUT2D eigenvalue weighted by molar-refractivity contribution is -0.122. The van der Waals surface area contributed by atoms with Crippen LogP contribution in [0.25, 0.3) is 0 Å². The lowest BCUT2D eigenvalue weighted by Gasteiger charge is -2.21. The maximum atomic E-state index is 12.6. The molecule has 3 rings (SSSR count). The maximum Gasteiger partial charge on any atom is 0.229 e. The highest BCUT2D eigenvalue weighted by atomic mass is 35.5. The first kappa shape index (κ1) is 19.1. The van der Waals surface area contributed by atoms with Crippen LogP contribution in [0.1, 0.15) is 34.8 Å². The number of hydrogen-bond acceptors (Lipinski definition) is 3. The van der Waals surface area contributed by atoms with Crippen molar-refractivity contribution in [2.45, 2.75) is 27.2 Å².